The molecule has 1 N–H and O–H groups in total. The van der Waals surface area contributed by atoms with Gasteiger partial charge < -0.3 is 15.0 Å². The summed E-state index contributed by atoms with van der Waals surface area (Å²) in [6.07, 6.45) is -10.9. The Hall–Kier alpha value is -1.59. The lowest BCUT2D eigenvalue weighted by molar-refractivity contribution is -0.300. The number of halogens is 7. The van der Waals surface area contributed by atoms with Gasteiger partial charge in [-0.1, -0.05) is 12.1 Å². The van der Waals surface area contributed by atoms with Gasteiger partial charge in [-0.25, -0.2) is 4.39 Å². The molecule has 1 aromatic rings. The van der Waals surface area contributed by atoms with E-state index in [1.54, 1.807) is 11.0 Å². The van der Waals surface area contributed by atoms with Crippen LogP contribution in [0.5, 0.6) is 0 Å². The number of alkyl halides is 6. The first-order valence-electron chi connectivity index (χ1n) is 9.27. The van der Waals surface area contributed by atoms with Crippen molar-refractivity contribution in [3.8, 4) is 0 Å². The van der Waals surface area contributed by atoms with Crippen molar-refractivity contribution in [3.63, 3.8) is 0 Å². The highest BCUT2D eigenvalue weighted by molar-refractivity contribution is 5.55. The van der Waals surface area contributed by atoms with Gasteiger partial charge in [-0.15, -0.1) is 0 Å². The summed E-state index contributed by atoms with van der Waals surface area (Å²) in [6, 6.07) is 2.36. The summed E-state index contributed by atoms with van der Waals surface area (Å²) in [6.45, 7) is 1.11. The molecule has 164 valence electrons. The van der Waals surface area contributed by atoms with E-state index in [4.69, 9.17) is 4.74 Å². The van der Waals surface area contributed by atoms with Gasteiger partial charge in [-0.3, -0.25) is 4.90 Å². The van der Waals surface area contributed by atoms with Crippen molar-refractivity contribution in [1.82, 2.24) is 10.2 Å². The molecule has 2 aliphatic rings. The normalized spacial score (nSPS) is 22.3. The summed E-state index contributed by atoms with van der Waals surface area (Å²) in [5.74, 6) is -4.04. The molecule has 0 bridgehead atoms. The summed E-state index contributed by atoms with van der Waals surface area (Å²) >= 11 is 0. The van der Waals surface area contributed by atoms with Crippen molar-refractivity contribution in [2.75, 3.05) is 50.8 Å². The second-order valence-corrected chi connectivity index (χ2v) is 7.15. The maximum Gasteiger partial charge on any atom is 0.402 e. The predicted octanol–water partition coefficient (Wildman–Crippen LogP) is 3.18. The Morgan fingerprint density at radius 3 is 2.31 bits per heavy atom. The predicted molar refractivity (Wildman–Crippen MR) is 92.1 cm³/mol. The van der Waals surface area contributed by atoms with E-state index in [-0.39, 0.29) is 25.3 Å². The highest BCUT2D eigenvalue weighted by Crippen LogP contribution is 2.43. The van der Waals surface area contributed by atoms with Crippen molar-refractivity contribution in [2.45, 2.75) is 24.9 Å². The molecule has 0 aliphatic carbocycles. The van der Waals surface area contributed by atoms with Crippen LogP contribution in [0.4, 0.5) is 36.4 Å². The molecule has 0 amide bonds. The zero-order valence-electron chi connectivity index (χ0n) is 15.5. The number of ether oxygens (including phenoxy) is 1. The van der Waals surface area contributed by atoms with E-state index >= 15 is 0 Å². The zero-order valence-corrected chi connectivity index (χ0v) is 15.5. The molecular formula is C18H22F7N3O. The van der Waals surface area contributed by atoms with Crippen molar-refractivity contribution >= 4 is 5.69 Å². The lowest BCUT2D eigenvalue weighted by Gasteiger charge is -2.42. The van der Waals surface area contributed by atoms with E-state index in [9.17, 15) is 30.7 Å². The van der Waals surface area contributed by atoms with Gasteiger partial charge in [0.1, 0.15) is 5.82 Å². The Balaban J connectivity index is 1.90. The van der Waals surface area contributed by atoms with Crippen LogP contribution in [0.1, 0.15) is 5.56 Å². The van der Waals surface area contributed by atoms with Crippen LogP contribution in [0.15, 0.2) is 18.2 Å². The average Bonchev–Trinajstić information content (AvgIpc) is 2.62. The molecule has 11 heteroatoms. The van der Waals surface area contributed by atoms with Gasteiger partial charge in [-0.2, -0.15) is 26.3 Å². The highest BCUT2D eigenvalue weighted by atomic mass is 19.4. The number of para-hydroxylation sites is 1. The third kappa shape index (κ3) is 5.13. The van der Waals surface area contributed by atoms with E-state index in [2.05, 4.69) is 5.32 Å². The molecule has 1 atom stereocenters. The molecule has 29 heavy (non-hydrogen) atoms. The van der Waals surface area contributed by atoms with Crippen molar-refractivity contribution < 1.29 is 35.5 Å². The molecule has 2 heterocycles. The number of nitrogens with one attached hydrogen (secondary N) is 1. The summed E-state index contributed by atoms with van der Waals surface area (Å²) in [5.41, 5.74) is 0.575. The zero-order chi connectivity index (χ0) is 21.2. The summed E-state index contributed by atoms with van der Waals surface area (Å²) in [4.78, 5) is 2.87. The first-order valence-corrected chi connectivity index (χ1v) is 9.27. The van der Waals surface area contributed by atoms with Crippen LogP contribution in [-0.2, 0) is 11.3 Å². The Labute approximate surface area is 163 Å². The van der Waals surface area contributed by atoms with Crippen LogP contribution >= 0.6 is 0 Å². The number of hydrogen-bond donors (Lipinski definition) is 1. The van der Waals surface area contributed by atoms with Gasteiger partial charge in [0.2, 0.25) is 0 Å². The standard InChI is InChI=1S/C18H22F7N3O/c19-13-3-1-2-12(15(13)27-6-8-29-9-7-27)11-28-5-4-26-10-14(28)16(17(20,21)22)18(23,24)25/h1-3,14,16,26H,4-11H2. The molecule has 3 rings (SSSR count). The second kappa shape index (κ2) is 8.65. The number of benzene rings is 1. The minimum atomic E-state index is -5.44. The molecular weight excluding hydrogens is 407 g/mol. The number of rotatable bonds is 4. The topological polar surface area (TPSA) is 27.7 Å². The minimum Gasteiger partial charge on any atom is -0.378 e. The van der Waals surface area contributed by atoms with Crippen molar-refractivity contribution in [1.29, 1.82) is 0 Å². The molecule has 0 radical (unpaired) electrons. The SMILES string of the molecule is Fc1cccc(CN2CCNCC2C(C(F)(F)F)C(F)(F)F)c1N1CCOCC1. The van der Waals surface area contributed by atoms with Gasteiger partial charge in [0.05, 0.1) is 18.9 Å². The van der Waals surface area contributed by atoms with Crippen LogP contribution in [0.25, 0.3) is 0 Å². The lowest BCUT2D eigenvalue weighted by atomic mass is 9.94. The monoisotopic (exact) mass is 429 g/mol. The Bertz CT molecular complexity index is 675. The number of piperazine rings is 1. The highest BCUT2D eigenvalue weighted by Gasteiger charge is 2.61. The van der Waals surface area contributed by atoms with Gasteiger partial charge in [0.25, 0.3) is 0 Å². The van der Waals surface area contributed by atoms with Gasteiger partial charge in [0, 0.05) is 45.3 Å². The number of nitrogens with zero attached hydrogens (tertiary/aromatic N) is 2. The Morgan fingerprint density at radius 1 is 1.03 bits per heavy atom. The van der Waals surface area contributed by atoms with E-state index in [0.717, 1.165) is 4.90 Å². The summed E-state index contributed by atoms with van der Waals surface area (Å²) < 4.78 is 99.5. The first-order chi connectivity index (χ1) is 13.6. The van der Waals surface area contributed by atoms with E-state index < -0.39 is 36.7 Å². The van der Waals surface area contributed by atoms with Crippen LogP contribution < -0.4 is 10.2 Å². The largest absolute Gasteiger partial charge is 0.402 e. The molecule has 1 aromatic carbocycles. The fraction of sp³-hybridized carbons (Fsp3) is 0.667. The molecule has 4 nitrogen and oxygen atoms in total. The fourth-order valence-corrected chi connectivity index (χ4v) is 3.96. The fourth-order valence-electron chi connectivity index (χ4n) is 3.96. The molecule has 1 unspecified atom stereocenters. The summed E-state index contributed by atoms with van der Waals surface area (Å²) in [5, 5.41) is 2.62. The third-order valence-corrected chi connectivity index (χ3v) is 5.26. The van der Waals surface area contributed by atoms with Crippen molar-refractivity contribution in [3.05, 3.63) is 29.6 Å². The maximum atomic E-state index is 14.5. The van der Waals surface area contributed by atoms with E-state index in [1.165, 1.54) is 12.1 Å². The number of anilines is 1. The lowest BCUT2D eigenvalue weighted by Crippen LogP contribution is -2.60. The molecule has 2 aliphatic heterocycles. The quantitative estimate of drug-likeness (QED) is 0.745. The van der Waals surface area contributed by atoms with Crippen LogP contribution in [0.3, 0.4) is 0 Å². The third-order valence-electron chi connectivity index (χ3n) is 5.26. The Kier molecular flexibility index (Phi) is 6.59. The minimum absolute atomic E-state index is 0.00755. The number of morpholine rings is 1. The van der Waals surface area contributed by atoms with E-state index in [0.29, 0.717) is 31.9 Å². The van der Waals surface area contributed by atoms with Crippen LogP contribution in [0.2, 0.25) is 0 Å². The summed E-state index contributed by atoms with van der Waals surface area (Å²) in [7, 11) is 0. The first kappa shape index (κ1) is 22.1. The molecule has 0 saturated carbocycles. The molecule has 0 spiro atoms. The maximum absolute atomic E-state index is 14.5. The Morgan fingerprint density at radius 2 is 1.69 bits per heavy atom. The van der Waals surface area contributed by atoms with Gasteiger partial charge >= 0.3 is 12.4 Å². The van der Waals surface area contributed by atoms with Crippen LogP contribution in [-0.4, -0.2) is 69.2 Å². The molecule has 2 saturated heterocycles. The smallest absolute Gasteiger partial charge is 0.378 e. The average molecular weight is 429 g/mol. The van der Waals surface area contributed by atoms with Gasteiger partial charge in [0.15, 0.2) is 5.92 Å². The van der Waals surface area contributed by atoms with Gasteiger partial charge in [-0.05, 0) is 11.6 Å². The second-order valence-electron chi connectivity index (χ2n) is 7.15. The van der Waals surface area contributed by atoms with E-state index in [1.807, 2.05) is 0 Å². The molecule has 0 aromatic heterocycles. The van der Waals surface area contributed by atoms with Crippen molar-refractivity contribution in [2.24, 2.45) is 5.92 Å². The molecule has 2 fully saturated rings. The number of hydrogen-bond acceptors (Lipinski definition) is 4. The van der Waals surface area contributed by atoms with Crippen LogP contribution in [0, 0.1) is 11.7 Å².